The molecule has 0 saturated carbocycles. The fourth-order valence-electron chi connectivity index (χ4n) is 2.61. The standard InChI is InChI=1S/C21H27N3O2/c1-14(2)23-20(25)15(3)24-21(26)19(22)13-16-9-11-18(12-10-16)17-7-5-4-6-8-17/h4-12,14-15,19H,13,22H2,1-3H3,(H,23,25)(H,24,26)/t15-,19-/m0/s1. The van der Waals surface area contributed by atoms with Gasteiger partial charge in [0, 0.05) is 6.04 Å². The van der Waals surface area contributed by atoms with Crippen LogP contribution >= 0.6 is 0 Å². The molecule has 138 valence electrons. The first-order chi connectivity index (χ1) is 12.4. The van der Waals surface area contributed by atoms with E-state index in [2.05, 4.69) is 22.8 Å². The summed E-state index contributed by atoms with van der Waals surface area (Å²) in [4.78, 5) is 24.1. The molecule has 0 unspecified atom stereocenters. The lowest BCUT2D eigenvalue weighted by Gasteiger charge is -2.18. The fourth-order valence-corrected chi connectivity index (χ4v) is 2.61. The van der Waals surface area contributed by atoms with Crippen molar-refractivity contribution in [2.45, 2.75) is 45.3 Å². The molecule has 2 amide bonds. The van der Waals surface area contributed by atoms with Crippen LogP contribution in [0, 0.1) is 0 Å². The van der Waals surface area contributed by atoms with Crippen LogP contribution in [-0.2, 0) is 16.0 Å². The van der Waals surface area contributed by atoms with E-state index in [4.69, 9.17) is 5.73 Å². The molecule has 2 aromatic carbocycles. The van der Waals surface area contributed by atoms with E-state index in [1.807, 2.05) is 56.3 Å². The molecule has 0 fully saturated rings. The van der Waals surface area contributed by atoms with Crippen LogP contribution < -0.4 is 16.4 Å². The number of nitrogens with two attached hydrogens (primary N) is 1. The minimum atomic E-state index is -0.702. The maximum absolute atomic E-state index is 12.2. The van der Waals surface area contributed by atoms with Gasteiger partial charge in [0.25, 0.3) is 0 Å². The van der Waals surface area contributed by atoms with Crippen molar-refractivity contribution in [1.82, 2.24) is 10.6 Å². The summed E-state index contributed by atoms with van der Waals surface area (Å²) in [5, 5.41) is 5.43. The highest BCUT2D eigenvalue weighted by Gasteiger charge is 2.20. The third kappa shape index (κ3) is 5.70. The predicted octanol–water partition coefficient (Wildman–Crippen LogP) is 2.25. The third-order valence-corrected chi connectivity index (χ3v) is 4.04. The molecule has 2 aromatic rings. The zero-order valence-electron chi connectivity index (χ0n) is 15.5. The Bertz CT molecular complexity index is 727. The Morgan fingerprint density at radius 1 is 0.846 bits per heavy atom. The van der Waals surface area contributed by atoms with Crippen LogP contribution in [-0.4, -0.2) is 29.9 Å². The monoisotopic (exact) mass is 353 g/mol. The number of amides is 2. The molecule has 26 heavy (non-hydrogen) atoms. The number of carbonyl (C=O) groups is 2. The van der Waals surface area contributed by atoms with Crippen LogP contribution in [0.5, 0.6) is 0 Å². The van der Waals surface area contributed by atoms with Crippen LogP contribution in [0.3, 0.4) is 0 Å². The van der Waals surface area contributed by atoms with Crippen molar-refractivity contribution in [1.29, 1.82) is 0 Å². The maximum Gasteiger partial charge on any atom is 0.242 e. The highest BCUT2D eigenvalue weighted by molar-refractivity contribution is 5.89. The zero-order chi connectivity index (χ0) is 19.1. The van der Waals surface area contributed by atoms with Crippen molar-refractivity contribution in [3.05, 3.63) is 60.2 Å². The van der Waals surface area contributed by atoms with Gasteiger partial charge in [-0.2, -0.15) is 0 Å². The molecule has 0 spiro atoms. The smallest absolute Gasteiger partial charge is 0.242 e. The summed E-state index contributed by atoms with van der Waals surface area (Å²) in [7, 11) is 0. The average Bonchev–Trinajstić information content (AvgIpc) is 2.62. The number of hydrogen-bond donors (Lipinski definition) is 3. The zero-order valence-corrected chi connectivity index (χ0v) is 15.5. The van der Waals surface area contributed by atoms with E-state index < -0.39 is 12.1 Å². The molecule has 2 rings (SSSR count). The van der Waals surface area contributed by atoms with Crippen molar-refractivity contribution in [3.8, 4) is 11.1 Å². The van der Waals surface area contributed by atoms with Gasteiger partial charge in [0.1, 0.15) is 6.04 Å². The van der Waals surface area contributed by atoms with Crippen molar-refractivity contribution in [2.24, 2.45) is 5.73 Å². The molecule has 0 aliphatic heterocycles. The van der Waals surface area contributed by atoms with Gasteiger partial charge in [-0.05, 0) is 43.9 Å². The van der Waals surface area contributed by atoms with Gasteiger partial charge in [-0.25, -0.2) is 0 Å². The summed E-state index contributed by atoms with van der Waals surface area (Å²) < 4.78 is 0. The molecule has 2 atom stereocenters. The second-order valence-electron chi connectivity index (χ2n) is 6.77. The minimum Gasteiger partial charge on any atom is -0.352 e. The Kier molecular flexibility index (Phi) is 6.92. The maximum atomic E-state index is 12.2. The molecule has 0 saturated heterocycles. The second kappa shape index (κ2) is 9.15. The molecule has 0 aromatic heterocycles. The van der Waals surface area contributed by atoms with Crippen LogP contribution in [0.4, 0.5) is 0 Å². The Hall–Kier alpha value is -2.66. The van der Waals surface area contributed by atoms with Crippen LogP contribution in [0.25, 0.3) is 11.1 Å². The quantitative estimate of drug-likeness (QED) is 0.714. The van der Waals surface area contributed by atoms with Gasteiger partial charge in [-0.3, -0.25) is 9.59 Å². The topological polar surface area (TPSA) is 84.2 Å². The number of nitrogens with one attached hydrogen (secondary N) is 2. The van der Waals surface area contributed by atoms with Crippen LogP contribution in [0.2, 0.25) is 0 Å². The number of carbonyl (C=O) groups excluding carboxylic acids is 2. The van der Waals surface area contributed by atoms with Gasteiger partial charge in [0.15, 0.2) is 0 Å². The molecular weight excluding hydrogens is 326 g/mol. The van der Waals surface area contributed by atoms with Crippen molar-refractivity contribution >= 4 is 11.8 Å². The summed E-state index contributed by atoms with van der Waals surface area (Å²) in [6.45, 7) is 5.39. The van der Waals surface area contributed by atoms with E-state index in [1.54, 1.807) is 6.92 Å². The Labute approximate surface area is 155 Å². The second-order valence-corrected chi connectivity index (χ2v) is 6.77. The van der Waals surface area contributed by atoms with Crippen LogP contribution in [0.1, 0.15) is 26.3 Å². The van der Waals surface area contributed by atoms with Gasteiger partial charge in [0.05, 0.1) is 6.04 Å². The van der Waals surface area contributed by atoms with E-state index in [1.165, 1.54) is 0 Å². The van der Waals surface area contributed by atoms with Crippen molar-refractivity contribution in [2.75, 3.05) is 0 Å². The highest BCUT2D eigenvalue weighted by Crippen LogP contribution is 2.19. The Balaban J connectivity index is 1.91. The summed E-state index contributed by atoms with van der Waals surface area (Å²) in [6, 6.07) is 16.8. The first kappa shape index (κ1) is 19.7. The summed E-state index contributed by atoms with van der Waals surface area (Å²) >= 11 is 0. The number of rotatable bonds is 7. The van der Waals surface area contributed by atoms with E-state index in [0.29, 0.717) is 6.42 Å². The summed E-state index contributed by atoms with van der Waals surface area (Å²) in [6.07, 6.45) is 0.416. The first-order valence-electron chi connectivity index (χ1n) is 8.87. The van der Waals surface area contributed by atoms with E-state index in [0.717, 1.165) is 16.7 Å². The van der Waals surface area contributed by atoms with Gasteiger partial charge in [-0.15, -0.1) is 0 Å². The van der Waals surface area contributed by atoms with Gasteiger partial charge in [-0.1, -0.05) is 54.6 Å². The predicted molar refractivity (Wildman–Crippen MR) is 104 cm³/mol. The van der Waals surface area contributed by atoms with E-state index in [9.17, 15) is 9.59 Å². The molecule has 5 nitrogen and oxygen atoms in total. The normalized spacial score (nSPS) is 13.1. The largest absolute Gasteiger partial charge is 0.352 e. The van der Waals surface area contributed by atoms with Gasteiger partial charge >= 0.3 is 0 Å². The first-order valence-corrected chi connectivity index (χ1v) is 8.87. The van der Waals surface area contributed by atoms with Crippen molar-refractivity contribution in [3.63, 3.8) is 0 Å². The molecule has 0 radical (unpaired) electrons. The van der Waals surface area contributed by atoms with E-state index in [-0.39, 0.29) is 17.9 Å². The summed E-state index contributed by atoms with van der Waals surface area (Å²) in [5.74, 6) is -0.545. The molecule has 0 aliphatic carbocycles. The number of benzene rings is 2. The number of hydrogen-bond acceptors (Lipinski definition) is 3. The Morgan fingerprint density at radius 2 is 1.42 bits per heavy atom. The highest BCUT2D eigenvalue weighted by atomic mass is 16.2. The van der Waals surface area contributed by atoms with E-state index >= 15 is 0 Å². The lowest BCUT2D eigenvalue weighted by atomic mass is 10.0. The third-order valence-electron chi connectivity index (χ3n) is 4.04. The van der Waals surface area contributed by atoms with Crippen molar-refractivity contribution < 1.29 is 9.59 Å². The minimum absolute atomic E-state index is 0.0265. The lowest BCUT2D eigenvalue weighted by Crippen LogP contribution is -2.51. The average molecular weight is 353 g/mol. The lowest BCUT2D eigenvalue weighted by molar-refractivity contribution is -0.129. The Morgan fingerprint density at radius 3 is 2.00 bits per heavy atom. The molecule has 0 heterocycles. The molecular formula is C21H27N3O2. The molecule has 0 aliphatic rings. The van der Waals surface area contributed by atoms with Crippen LogP contribution in [0.15, 0.2) is 54.6 Å². The SMILES string of the molecule is CC(C)NC(=O)[C@H](C)NC(=O)[C@@H](N)Cc1ccc(-c2ccccc2)cc1. The summed E-state index contributed by atoms with van der Waals surface area (Å²) in [5.41, 5.74) is 9.24. The molecule has 0 bridgehead atoms. The van der Waals surface area contributed by atoms with Gasteiger partial charge < -0.3 is 16.4 Å². The van der Waals surface area contributed by atoms with Gasteiger partial charge in [0.2, 0.25) is 11.8 Å². The molecule has 4 N–H and O–H groups in total. The molecule has 5 heteroatoms. The fraction of sp³-hybridized carbons (Fsp3) is 0.333.